The number of nitrogens with zero attached hydrogens (tertiary/aromatic N) is 1. The van der Waals surface area contributed by atoms with Crippen molar-refractivity contribution in [3.63, 3.8) is 0 Å². The summed E-state index contributed by atoms with van der Waals surface area (Å²) < 4.78 is 0. The third-order valence-corrected chi connectivity index (χ3v) is 3.83. The molecule has 1 saturated carbocycles. The monoisotopic (exact) mass is 319 g/mol. The van der Waals surface area contributed by atoms with Gasteiger partial charge >= 0.3 is 0 Å². The van der Waals surface area contributed by atoms with Crippen LogP contribution < -0.4 is 11.1 Å². The lowest BCUT2D eigenvalue weighted by Crippen LogP contribution is -2.33. The number of carbonyl (C=O) groups excluding carboxylic acids is 1. The summed E-state index contributed by atoms with van der Waals surface area (Å²) in [6, 6.07) is 3.87. The van der Waals surface area contributed by atoms with Crippen molar-refractivity contribution in [2.45, 2.75) is 38.6 Å². The number of hydrogen-bond acceptors (Lipinski definition) is 3. The fraction of sp³-hybridized carbons (Fsp3) is 0.571. The zero-order valence-electron chi connectivity index (χ0n) is 11.6. The van der Waals surface area contributed by atoms with E-state index >= 15 is 0 Å². The van der Waals surface area contributed by atoms with Crippen molar-refractivity contribution in [3.05, 3.63) is 24.5 Å². The minimum Gasteiger partial charge on any atom is -0.328 e. The van der Waals surface area contributed by atoms with Gasteiger partial charge in [0, 0.05) is 30.0 Å². The molecule has 0 aromatic carbocycles. The van der Waals surface area contributed by atoms with Gasteiger partial charge in [0.2, 0.25) is 5.91 Å². The molecule has 1 aliphatic carbocycles. The van der Waals surface area contributed by atoms with Gasteiger partial charge < -0.3 is 11.1 Å². The molecular weight excluding hydrogens is 297 g/mol. The fourth-order valence-electron chi connectivity index (χ4n) is 2.59. The maximum absolute atomic E-state index is 12.1. The lowest BCUT2D eigenvalue weighted by atomic mass is 9.79. The van der Waals surface area contributed by atoms with Crippen LogP contribution in [0.5, 0.6) is 0 Å². The summed E-state index contributed by atoms with van der Waals surface area (Å²) in [5.41, 5.74) is 6.73. The Kier molecular flexibility index (Phi) is 8.78. The molecule has 1 heterocycles. The van der Waals surface area contributed by atoms with Crippen LogP contribution in [0.3, 0.4) is 0 Å². The van der Waals surface area contributed by atoms with E-state index in [1.165, 1.54) is 0 Å². The number of rotatable bonds is 3. The molecule has 0 spiro atoms. The number of nitrogens with one attached hydrogen (secondary N) is 1. The Labute approximate surface area is 132 Å². The first kappa shape index (κ1) is 19.2. The molecule has 1 atom stereocenters. The van der Waals surface area contributed by atoms with Gasteiger partial charge in [0.15, 0.2) is 0 Å². The molecule has 1 fully saturated rings. The fourth-order valence-corrected chi connectivity index (χ4v) is 2.59. The van der Waals surface area contributed by atoms with Crippen molar-refractivity contribution in [1.82, 2.24) is 4.98 Å². The van der Waals surface area contributed by atoms with Crippen molar-refractivity contribution < 1.29 is 4.79 Å². The Morgan fingerprint density at radius 3 is 2.30 bits per heavy atom. The smallest absolute Gasteiger partial charge is 0.227 e. The highest BCUT2D eigenvalue weighted by Gasteiger charge is 2.27. The van der Waals surface area contributed by atoms with Crippen molar-refractivity contribution >= 4 is 36.4 Å². The minimum absolute atomic E-state index is 0. The lowest BCUT2D eigenvalue weighted by Gasteiger charge is -2.29. The largest absolute Gasteiger partial charge is 0.328 e. The normalized spacial score (nSPS) is 22.9. The van der Waals surface area contributed by atoms with Crippen molar-refractivity contribution in [2.75, 3.05) is 5.32 Å². The molecule has 4 nitrogen and oxygen atoms in total. The number of hydrogen-bond donors (Lipinski definition) is 2. The van der Waals surface area contributed by atoms with Gasteiger partial charge in [-0.15, -0.1) is 24.8 Å². The summed E-state index contributed by atoms with van der Waals surface area (Å²) >= 11 is 0. The molecule has 1 aromatic rings. The number of nitrogens with two attached hydrogens (primary N) is 1. The zero-order chi connectivity index (χ0) is 13.0. The van der Waals surface area contributed by atoms with Crippen LogP contribution in [0.1, 0.15) is 32.6 Å². The van der Waals surface area contributed by atoms with Crippen LogP contribution in [0.25, 0.3) is 0 Å². The molecule has 6 heteroatoms. The number of anilines is 1. The Bertz CT molecular complexity index is 393. The van der Waals surface area contributed by atoms with Crippen LogP contribution in [-0.2, 0) is 4.79 Å². The highest BCUT2D eigenvalue weighted by Crippen LogP contribution is 2.30. The van der Waals surface area contributed by atoms with Crippen LogP contribution in [0.2, 0.25) is 0 Å². The first-order chi connectivity index (χ1) is 8.66. The summed E-state index contributed by atoms with van der Waals surface area (Å²) in [5.74, 6) is 0.840. The number of amides is 1. The summed E-state index contributed by atoms with van der Waals surface area (Å²) in [7, 11) is 0. The molecule has 0 aliphatic heterocycles. The predicted octanol–water partition coefficient (Wildman–Crippen LogP) is 3.02. The van der Waals surface area contributed by atoms with Gasteiger partial charge in [-0.2, -0.15) is 0 Å². The third-order valence-electron chi connectivity index (χ3n) is 3.83. The molecule has 1 aliphatic rings. The average molecular weight is 320 g/mol. The number of pyridine rings is 1. The quantitative estimate of drug-likeness (QED) is 0.899. The molecule has 0 saturated heterocycles. The van der Waals surface area contributed by atoms with Gasteiger partial charge in [0.1, 0.15) is 0 Å². The molecule has 0 radical (unpaired) electrons. The Morgan fingerprint density at radius 2 is 1.80 bits per heavy atom. The van der Waals surface area contributed by atoms with Crippen LogP contribution in [0.15, 0.2) is 24.5 Å². The molecule has 1 aromatic heterocycles. The van der Waals surface area contributed by atoms with Gasteiger partial charge in [-0.05, 0) is 50.7 Å². The van der Waals surface area contributed by atoms with E-state index < -0.39 is 0 Å². The molecule has 0 bridgehead atoms. The molecule has 114 valence electrons. The van der Waals surface area contributed by atoms with E-state index in [1.54, 1.807) is 12.4 Å². The van der Waals surface area contributed by atoms with Gasteiger partial charge in [0.05, 0.1) is 0 Å². The van der Waals surface area contributed by atoms with E-state index in [9.17, 15) is 4.79 Å². The maximum atomic E-state index is 12.1. The van der Waals surface area contributed by atoms with Crippen LogP contribution in [0.4, 0.5) is 5.69 Å². The number of aromatic nitrogens is 1. The van der Waals surface area contributed by atoms with Crippen molar-refractivity contribution in [3.8, 4) is 0 Å². The van der Waals surface area contributed by atoms with Crippen LogP contribution in [0, 0.1) is 11.8 Å². The summed E-state index contributed by atoms with van der Waals surface area (Å²) in [6.07, 6.45) is 7.38. The third kappa shape index (κ3) is 5.27. The van der Waals surface area contributed by atoms with Crippen molar-refractivity contribution in [1.29, 1.82) is 0 Å². The standard InChI is InChI=1S/C14H21N3O.2ClH/c1-10(15)11-2-4-12(5-3-11)14(18)17-13-6-8-16-9-7-13;;/h6-12H,2-5,15H2,1H3,(H,16,17,18);2*1H/t10?,11-,12-;;. The molecular formula is C14H23Cl2N3O. The van der Waals surface area contributed by atoms with Crippen LogP contribution >= 0.6 is 24.8 Å². The summed E-state index contributed by atoms with van der Waals surface area (Å²) in [6.45, 7) is 2.06. The zero-order valence-corrected chi connectivity index (χ0v) is 13.3. The Morgan fingerprint density at radius 1 is 1.25 bits per heavy atom. The summed E-state index contributed by atoms with van der Waals surface area (Å²) in [5, 5.41) is 2.95. The number of carbonyl (C=O) groups is 1. The predicted molar refractivity (Wildman–Crippen MR) is 86.5 cm³/mol. The average Bonchev–Trinajstić information content (AvgIpc) is 2.40. The molecule has 1 amide bonds. The van der Waals surface area contributed by atoms with E-state index in [4.69, 9.17) is 5.73 Å². The van der Waals surface area contributed by atoms with E-state index in [2.05, 4.69) is 17.2 Å². The molecule has 2 rings (SSSR count). The second kappa shape index (κ2) is 9.16. The first-order valence-electron chi connectivity index (χ1n) is 6.63. The Balaban J connectivity index is 0.00000180. The second-order valence-corrected chi connectivity index (χ2v) is 5.20. The van der Waals surface area contributed by atoms with Gasteiger partial charge in [0.25, 0.3) is 0 Å². The second-order valence-electron chi connectivity index (χ2n) is 5.20. The molecule has 20 heavy (non-hydrogen) atoms. The molecule has 1 unspecified atom stereocenters. The van der Waals surface area contributed by atoms with Crippen LogP contribution in [-0.4, -0.2) is 16.9 Å². The van der Waals surface area contributed by atoms with Crippen molar-refractivity contribution in [2.24, 2.45) is 17.6 Å². The topological polar surface area (TPSA) is 68.0 Å². The summed E-state index contributed by atoms with van der Waals surface area (Å²) in [4.78, 5) is 16.0. The highest BCUT2D eigenvalue weighted by atomic mass is 35.5. The number of halogens is 2. The Hall–Kier alpha value is -0.840. The minimum atomic E-state index is 0. The van der Waals surface area contributed by atoms with E-state index in [1.807, 2.05) is 12.1 Å². The molecule has 3 N–H and O–H groups in total. The maximum Gasteiger partial charge on any atom is 0.227 e. The van der Waals surface area contributed by atoms with E-state index in [-0.39, 0.29) is 42.7 Å². The highest BCUT2D eigenvalue weighted by molar-refractivity contribution is 5.92. The van der Waals surface area contributed by atoms with E-state index in [0.29, 0.717) is 5.92 Å². The van der Waals surface area contributed by atoms with Gasteiger partial charge in [-0.3, -0.25) is 9.78 Å². The van der Waals surface area contributed by atoms with Gasteiger partial charge in [-0.1, -0.05) is 0 Å². The lowest BCUT2D eigenvalue weighted by molar-refractivity contribution is -0.121. The van der Waals surface area contributed by atoms with Gasteiger partial charge in [-0.25, -0.2) is 0 Å². The first-order valence-corrected chi connectivity index (χ1v) is 6.63. The SMILES string of the molecule is CC(N)[C@H]1CC[C@H](C(=O)Nc2ccncc2)CC1.Cl.Cl. The van der Waals surface area contributed by atoms with E-state index in [0.717, 1.165) is 31.4 Å².